The molecule has 0 aliphatic heterocycles. The van der Waals surface area contributed by atoms with Gasteiger partial charge in [0.05, 0.1) is 23.5 Å². The van der Waals surface area contributed by atoms with Gasteiger partial charge in [-0.1, -0.05) is 48.0 Å². The largest absolute Gasteiger partial charge is 0.478 e. The third-order valence-electron chi connectivity index (χ3n) is 5.15. The lowest BCUT2D eigenvalue weighted by Crippen LogP contribution is -2.09. The average molecular weight is 425 g/mol. The van der Waals surface area contributed by atoms with Gasteiger partial charge in [0.1, 0.15) is 0 Å². The third-order valence-corrected chi connectivity index (χ3v) is 5.15. The monoisotopic (exact) mass is 425 g/mol. The molecule has 0 amide bonds. The molecule has 32 heavy (non-hydrogen) atoms. The van der Waals surface area contributed by atoms with Crippen molar-refractivity contribution in [1.82, 2.24) is 14.3 Å². The molecule has 0 unspecified atom stereocenters. The van der Waals surface area contributed by atoms with Crippen LogP contribution >= 0.6 is 0 Å². The molecule has 0 atom stereocenters. The first-order valence-electron chi connectivity index (χ1n) is 10.3. The molecule has 2 heterocycles. The van der Waals surface area contributed by atoms with Crippen molar-refractivity contribution in [3.63, 3.8) is 0 Å². The predicted molar refractivity (Wildman–Crippen MR) is 123 cm³/mol. The molecule has 0 aliphatic carbocycles. The van der Waals surface area contributed by atoms with E-state index in [4.69, 9.17) is 5.11 Å². The molecule has 1 N–H and O–H groups in total. The molecule has 0 bridgehead atoms. The number of rotatable bonds is 8. The van der Waals surface area contributed by atoms with Crippen molar-refractivity contribution < 1.29 is 14.7 Å². The van der Waals surface area contributed by atoms with Crippen molar-refractivity contribution >= 4 is 17.8 Å². The van der Waals surface area contributed by atoms with Gasteiger partial charge in [-0.25, -0.2) is 4.79 Å². The Morgan fingerprint density at radius 3 is 2.56 bits per heavy atom. The number of ketones is 1. The quantitative estimate of drug-likeness (QED) is 0.416. The first kappa shape index (κ1) is 21.1. The molecule has 0 saturated heterocycles. The van der Waals surface area contributed by atoms with Crippen LogP contribution in [0.2, 0.25) is 0 Å². The van der Waals surface area contributed by atoms with Gasteiger partial charge in [0, 0.05) is 24.5 Å². The number of carboxylic acid groups (broad SMARTS) is 1. The zero-order valence-electron chi connectivity index (χ0n) is 17.7. The van der Waals surface area contributed by atoms with E-state index in [0.717, 1.165) is 16.8 Å². The number of carboxylic acids is 1. The second-order valence-corrected chi connectivity index (χ2v) is 7.59. The summed E-state index contributed by atoms with van der Waals surface area (Å²) in [6.07, 6.45) is 7.61. The summed E-state index contributed by atoms with van der Waals surface area (Å²) in [6, 6.07) is 20.0. The minimum atomic E-state index is -0.943. The van der Waals surface area contributed by atoms with E-state index >= 15 is 0 Å². The Kier molecular flexibility index (Phi) is 6.12. The van der Waals surface area contributed by atoms with Crippen LogP contribution in [0.15, 0.2) is 85.2 Å². The number of allylic oxidation sites excluding steroid dienone is 1. The number of aromatic nitrogens is 3. The molecule has 0 aliphatic rings. The Bertz CT molecular complexity index is 1280. The summed E-state index contributed by atoms with van der Waals surface area (Å²) in [6.45, 7) is 3.03. The number of aryl methyl sites for hydroxylation is 1. The van der Waals surface area contributed by atoms with Crippen molar-refractivity contribution in [2.45, 2.75) is 20.0 Å². The lowest BCUT2D eigenvalue weighted by Gasteiger charge is -2.06. The van der Waals surface area contributed by atoms with Crippen molar-refractivity contribution in [3.8, 4) is 0 Å². The van der Waals surface area contributed by atoms with Crippen molar-refractivity contribution in [2.24, 2.45) is 0 Å². The number of carbonyl (C=O) groups excluding carboxylic acids is 1. The van der Waals surface area contributed by atoms with Gasteiger partial charge in [0.15, 0.2) is 0 Å². The molecule has 160 valence electrons. The highest BCUT2D eigenvalue weighted by Crippen LogP contribution is 2.13. The van der Waals surface area contributed by atoms with Crippen LogP contribution in [0.25, 0.3) is 6.08 Å². The minimum absolute atomic E-state index is 0.00345. The SMILES string of the molecule is Cc1ccc(C(=O)c2cccn2C/C=C/c2ccn(Cc3cccc(C(=O)O)c3)n2)cc1. The minimum Gasteiger partial charge on any atom is -0.478 e. The van der Waals surface area contributed by atoms with Crippen LogP contribution in [0.4, 0.5) is 0 Å². The maximum atomic E-state index is 12.8. The standard InChI is InChI=1S/C26H23N3O3/c1-19-9-11-21(12-10-19)25(30)24-8-4-15-28(24)14-3-7-23-13-16-29(27-23)18-20-5-2-6-22(17-20)26(31)32/h2-13,15-17H,14,18H2,1H3,(H,31,32)/b7-3+. The highest BCUT2D eigenvalue weighted by molar-refractivity contribution is 6.08. The molecule has 0 radical (unpaired) electrons. The van der Waals surface area contributed by atoms with E-state index in [2.05, 4.69) is 5.10 Å². The fourth-order valence-electron chi connectivity index (χ4n) is 3.46. The lowest BCUT2D eigenvalue weighted by atomic mass is 10.1. The number of aromatic carboxylic acids is 1. The zero-order valence-corrected chi connectivity index (χ0v) is 17.7. The molecule has 2 aromatic heterocycles. The smallest absolute Gasteiger partial charge is 0.335 e. The molecule has 2 aromatic carbocycles. The second-order valence-electron chi connectivity index (χ2n) is 7.59. The number of nitrogens with zero attached hydrogens (tertiary/aromatic N) is 3. The van der Waals surface area contributed by atoms with Crippen LogP contribution in [-0.4, -0.2) is 31.2 Å². The molecule has 4 aromatic rings. The maximum absolute atomic E-state index is 12.8. The summed E-state index contributed by atoms with van der Waals surface area (Å²) >= 11 is 0. The predicted octanol–water partition coefficient (Wildman–Crippen LogP) is 4.68. The summed E-state index contributed by atoms with van der Waals surface area (Å²) in [4.78, 5) is 23.9. The van der Waals surface area contributed by atoms with Crippen molar-refractivity contribution in [2.75, 3.05) is 0 Å². The highest BCUT2D eigenvalue weighted by atomic mass is 16.4. The van der Waals surface area contributed by atoms with Crippen molar-refractivity contribution in [1.29, 1.82) is 0 Å². The van der Waals surface area contributed by atoms with Gasteiger partial charge in [-0.3, -0.25) is 9.48 Å². The summed E-state index contributed by atoms with van der Waals surface area (Å²) < 4.78 is 3.68. The normalized spacial score (nSPS) is 11.2. The summed E-state index contributed by atoms with van der Waals surface area (Å²) in [5, 5.41) is 13.6. The first-order valence-corrected chi connectivity index (χ1v) is 10.3. The Morgan fingerprint density at radius 2 is 1.78 bits per heavy atom. The van der Waals surface area contributed by atoms with E-state index in [1.807, 2.05) is 84.6 Å². The number of hydrogen-bond donors (Lipinski definition) is 1. The molecule has 0 saturated carbocycles. The third kappa shape index (κ3) is 4.92. The first-order chi connectivity index (χ1) is 15.5. The summed E-state index contributed by atoms with van der Waals surface area (Å²) in [5.74, 6) is -0.947. The Morgan fingerprint density at radius 1 is 0.969 bits per heavy atom. The van der Waals surface area contributed by atoms with Gasteiger partial charge in [0.25, 0.3) is 0 Å². The molecular weight excluding hydrogens is 402 g/mol. The molecule has 0 fully saturated rings. The van der Waals surface area contributed by atoms with Gasteiger partial charge in [-0.2, -0.15) is 5.10 Å². The van der Waals surface area contributed by atoms with Crippen LogP contribution in [0, 0.1) is 6.92 Å². The van der Waals surface area contributed by atoms with Gasteiger partial charge in [0.2, 0.25) is 5.78 Å². The van der Waals surface area contributed by atoms with Gasteiger partial charge < -0.3 is 9.67 Å². The van der Waals surface area contributed by atoms with E-state index in [-0.39, 0.29) is 11.3 Å². The van der Waals surface area contributed by atoms with Gasteiger partial charge in [-0.15, -0.1) is 0 Å². The van der Waals surface area contributed by atoms with Gasteiger partial charge in [-0.05, 0) is 48.9 Å². The fraction of sp³-hybridized carbons (Fsp3) is 0.115. The average Bonchev–Trinajstić information content (AvgIpc) is 3.43. The van der Waals surface area contributed by atoms with Crippen LogP contribution < -0.4 is 0 Å². The highest BCUT2D eigenvalue weighted by Gasteiger charge is 2.12. The Hall–Kier alpha value is -4.19. The van der Waals surface area contributed by atoms with Crippen LogP contribution in [-0.2, 0) is 13.1 Å². The number of hydrogen-bond acceptors (Lipinski definition) is 3. The van der Waals surface area contributed by atoms with E-state index in [1.54, 1.807) is 22.9 Å². The molecule has 6 nitrogen and oxygen atoms in total. The maximum Gasteiger partial charge on any atom is 0.335 e. The molecular formula is C26H23N3O3. The summed E-state index contributed by atoms with van der Waals surface area (Å²) in [7, 11) is 0. The molecule has 0 spiro atoms. The summed E-state index contributed by atoms with van der Waals surface area (Å²) in [5.41, 5.74) is 4.35. The number of benzene rings is 2. The van der Waals surface area contributed by atoms with E-state index in [1.165, 1.54) is 0 Å². The van der Waals surface area contributed by atoms with Crippen LogP contribution in [0.1, 0.15) is 43.2 Å². The van der Waals surface area contributed by atoms with E-state index in [0.29, 0.717) is 24.3 Å². The topological polar surface area (TPSA) is 77.1 Å². The Balaban J connectivity index is 1.41. The fourth-order valence-corrected chi connectivity index (χ4v) is 3.46. The Labute approximate surface area is 186 Å². The van der Waals surface area contributed by atoms with E-state index in [9.17, 15) is 9.59 Å². The number of carbonyl (C=O) groups is 2. The van der Waals surface area contributed by atoms with E-state index < -0.39 is 5.97 Å². The van der Waals surface area contributed by atoms with Gasteiger partial charge >= 0.3 is 5.97 Å². The molecule has 4 rings (SSSR count). The van der Waals surface area contributed by atoms with Crippen LogP contribution in [0.3, 0.4) is 0 Å². The second kappa shape index (κ2) is 9.31. The lowest BCUT2D eigenvalue weighted by molar-refractivity contribution is 0.0696. The molecule has 6 heteroatoms. The van der Waals surface area contributed by atoms with Crippen molar-refractivity contribution in [3.05, 3.63) is 119 Å². The zero-order chi connectivity index (χ0) is 22.5. The van der Waals surface area contributed by atoms with Crippen LogP contribution in [0.5, 0.6) is 0 Å².